The lowest BCUT2D eigenvalue weighted by molar-refractivity contribution is -0.583. The molecule has 0 fully saturated rings. The molecule has 1 aliphatic heterocycles. The molecule has 1 unspecified atom stereocenters. The van der Waals surface area contributed by atoms with E-state index < -0.39 is 5.24 Å². The minimum atomic E-state index is -1.81. The summed E-state index contributed by atoms with van der Waals surface area (Å²) in [5.41, 5.74) is 0. The maximum Gasteiger partial charge on any atom is 0.248 e. The molecular formula is C14H29N2P2S2+. The summed E-state index contributed by atoms with van der Waals surface area (Å²) >= 11 is 10.9. The molecule has 1 atom stereocenters. The molecule has 1 aliphatic rings. The second-order valence-corrected chi connectivity index (χ2v) is 14.5. The molecule has 0 radical (unpaired) electrons. The minimum Gasteiger partial charge on any atom is -0.264 e. The Kier molecular flexibility index (Phi) is 6.52. The van der Waals surface area contributed by atoms with E-state index in [-0.39, 0.29) is 0 Å². The predicted octanol–water partition coefficient (Wildman–Crippen LogP) is 4.66. The Labute approximate surface area is 137 Å². The van der Waals surface area contributed by atoms with Crippen LogP contribution in [0.5, 0.6) is 0 Å². The van der Waals surface area contributed by atoms with Gasteiger partial charge in [-0.3, -0.25) is 4.90 Å². The first-order valence-electron chi connectivity index (χ1n) is 7.38. The van der Waals surface area contributed by atoms with E-state index >= 15 is 0 Å². The highest BCUT2D eigenvalue weighted by Gasteiger charge is 2.46. The zero-order valence-corrected chi connectivity index (χ0v) is 17.5. The third kappa shape index (κ3) is 3.58. The molecule has 6 heteroatoms. The molecular weight excluding hydrogens is 322 g/mol. The largest absolute Gasteiger partial charge is 0.264 e. The van der Waals surface area contributed by atoms with E-state index in [0.717, 1.165) is 0 Å². The number of nitrogens with zero attached hydrogens (tertiary/aromatic N) is 2. The van der Waals surface area contributed by atoms with Crippen molar-refractivity contribution in [3.63, 3.8) is 0 Å². The van der Waals surface area contributed by atoms with Crippen LogP contribution in [0.25, 0.3) is 0 Å². The van der Waals surface area contributed by atoms with Gasteiger partial charge in [-0.15, -0.1) is 12.2 Å². The SMILES string of the molecule is CC(C)N(C1=PC(=[N+](C(C)C)C(C)C)P1(=S)S)C(C)C. The van der Waals surface area contributed by atoms with Gasteiger partial charge in [-0.2, -0.15) is 0 Å². The van der Waals surface area contributed by atoms with Gasteiger partial charge in [0.25, 0.3) is 0 Å². The molecule has 0 saturated carbocycles. The van der Waals surface area contributed by atoms with Gasteiger partial charge in [-0.25, -0.2) is 4.58 Å². The van der Waals surface area contributed by atoms with Crippen LogP contribution in [0.4, 0.5) is 0 Å². The Bertz CT molecular complexity index is 462. The summed E-state index contributed by atoms with van der Waals surface area (Å²) in [7, 11) is 1.30. The van der Waals surface area contributed by atoms with Crippen LogP contribution < -0.4 is 0 Å². The molecule has 0 aromatic carbocycles. The predicted molar refractivity (Wildman–Crippen MR) is 103 cm³/mol. The van der Waals surface area contributed by atoms with Crippen LogP contribution in [0, 0.1) is 0 Å². The molecule has 116 valence electrons. The molecule has 0 aromatic rings. The van der Waals surface area contributed by atoms with Crippen LogP contribution in [0.2, 0.25) is 0 Å². The summed E-state index contributed by atoms with van der Waals surface area (Å²) in [6.07, 6.45) is 0. The van der Waals surface area contributed by atoms with Crippen molar-refractivity contribution < 1.29 is 4.58 Å². The van der Waals surface area contributed by atoms with Gasteiger partial charge in [-0.1, -0.05) is 11.8 Å². The third-order valence-electron chi connectivity index (χ3n) is 3.43. The van der Waals surface area contributed by atoms with Crippen molar-refractivity contribution in [3.8, 4) is 0 Å². The molecule has 0 aromatic heterocycles. The number of rotatable bonds is 5. The van der Waals surface area contributed by atoms with Crippen molar-refractivity contribution in [2.45, 2.75) is 79.6 Å². The summed E-state index contributed by atoms with van der Waals surface area (Å²) in [4.78, 5) is 2.47. The molecule has 1 rings (SSSR count). The fourth-order valence-electron chi connectivity index (χ4n) is 2.81. The van der Waals surface area contributed by atoms with Crippen molar-refractivity contribution in [2.75, 3.05) is 0 Å². The Morgan fingerprint density at radius 2 is 1.40 bits per heavy atom. The number of hydrogen-bond donors (Lipinski definition) is 1. The second-order valence-electron chi connectivity index (χ2n) is 6.48. The number of hydrogen-bond acceptors (Lipinski definition) is 2. The van der Waals surface area contributed by atoms with E-state index in [1.165, 1.54) is 18.6 Å². The van der Waals surface area contributed by atoms with Gasteiger partial charge in [0, 0.05) is 20.3 Å². The van der Waals surface area contributed by atoms with Gasteiger partial charge in [0.15, 0.2) is 0 Å². The highest BCUT2D eigenvalue weighted by atomic mass is 32.9. The lowest BCUT2D eigenvalue weighted by Crippen LogP contribution is -2.45. The van der Waals surface area contributed by atoms with Gasteiger partial charge >= 0.3 is 0 Å². The van der Waals surface area contributed by atoms with Crippen LogP contribution in [0.1, 0.15) is 55.4 Å². The van der Waals surface area contributed by atoms with Crippen LogP contribution in [-0.4, -0.2) is 44.0 Å². The van der Waals surface area contributed by atoms with Gasteiger partial charge < -0.3 is 0 Å². The van der Waals surface area contributed by atoms with E-state index in [0.29, 0.717) is 24.2 Å². The van der Waals surface area contributed by atoms with Crippen LogP contribution in [-0.2, 0) is 11.8 Å². The molecule has 2 nitrogen and oxygen atoms in total. The Morgan fingerprint density at radius 1 is 1.00 bits per heavy atom. The smallest absolute Gasteiger partial charge is 0.248 e. The van der Waals surface area contributed by atoms with Crippen LogP contribution >= 0.6 is 25.7 Å². The molecule has 1 heterocycles. The first-order valence-corrected chi connectivity index (χ1v) is 12.2. The Morgan fingerprint density at radius 3 is 1.65 bits per heavy atom. The molecule has 0 bridgehead atoms. The second kappa shape index (κ2) is 6.92. The van der Waals surface area contributed by atoms with Gasteiger partial charge in [-0.05, 0) is 55.4 Å². The average Bonchev–Trinajstić information content (AvgIpc) is 2.25. The molecule has 0 saturated heterocycles. The summed E-state index contributed by atoms with van der Waals surface area (Å²) in [6.45, 7) is 17.9. The molecule has 20 heavy (non-hydrogen) atoms. The first-order chi connectivity index (χ1) is 9.01. The Balaban J connectivity index is 3.34. The van der Waals surface area contributed by atoms with Crippen molar-refractivity contribution >= 4 is 47.9 Å². The summed E-state index contributed by atoms with van der Waals surface area (Å²) in [5.74, 6) is 0. The zero-order chi connectivity index (χ0) is 15.8. The van der Waals surface area contributed by atoms with Crippen molar-refractivity contribution in [1.29, 1.82) is 0 Å². The van der Waals surface area contributed by atoms with E-state index in [4.69, 9.17) is 24.1 Å². The van der Waals surface area contributed by atoms with E-state index in [2.05, 4.69) is 64.9 Å². The van der Waals surface area contributed by atoms with Gasteiger partial charge in [0.2, 0.25) is 5.19 Å². The van der Waals surface area contributed by atoms with E-state index in [1.54, 1.807) is 0 Å². The average molecular weight is 351 g/mol. The maximum absolute atomic E-state index is 5.96. The zero-order valence-electron chi connectivity index (χ0n) is 14.0. The first kappa shape index (κ1) is 18.8. The fraction of sp³-hybridized carbons (Fsp3) is 0.857. The summed E-state index contributed by atoms with van der Waals surface area (Å²) < 4.78 is 2.47. The Hall–Kier alpha value is 0.800. The normalized spacial score (nSPS) is 23.9. The maximum atomic E-state index is 5.96. The molecule has 0 N–H and O–H groups in total. The molecule has 0 amide bonds. The highest BCUT2D eigenvalue weighted by Crippen LogP contribution is 2.68. The van der Waals surface area contributed by atoms with Crippen LogP contribution in [0.15, 0.2) is 0 Å². The minimum absolute atomic E-state index is 0.486. The topological polar surface area (TPSA) is 6.25 Å². The fourth-order valence-corrected chi connectivity index (χ4v) is 10.1. The lowest BCUT2D eigenvalue weighted by Gasteiger charge is -2.40. The molecule has 0 spiro atoms. The summed E-state index contributed by atoms with van der Waals surface area (Å²) in [6, 6.07) is 1.94. The van der Waals surface area contributed by atoms with Gasteiger partial charge in [0.1, 0.15) is 17.3 Å². The highest BCUT2D eigenvalue weighted by molar-refractivity contribution is 8.79. The lowest BCUT2D eigenvalue weighted by atomic mass is 10.2. The molecule has 0 aliphatic carbocycles. The standard InChI is InChI=1S/C14H28N2P2S2/c1-9(2)15(10(3)4)13-17-14(18(13,19)20)16(11(5)6)12(7)8/h9-12H,1-8H3/p+1. The monoisotopic (exact) mass is 351 g/mol. The quantitative estimate of drug-likeness (QED) is 0.437. The van der Waals surface area contributed by atoms with Crippen molar-refractivity contribution in [3.05, 3.63) is 0 Å². The number of thiol groups is 1. The van der Waals surface area contributed by atoms with Crippen molar-refractivity contribution in [1.82, 2.24) is 4.90 Å². The van der Waals surface area contributed by atoms with E-state index in [1.807, 2.05) is 0 Å². The van der Waals surface area contributed by atoms with Crippen LogP contribution in [0.3, 0.4) is 0 Å². The van der Waals surface area contributed by atoms with E-state index in [9.17, 15) is 0 Å². The summed E-state index contributed by atoms with van der Waals surface area (Å²) in [5, 5.41) is 0.940. The third-order valence-corrected chi connectivity index (χ3v) is 12.2. The van der Waals surface area contributed by atoms with Gasteiger partial charge in [0.05, 0.1) is 5.16 Å². The van der Waals surface area contributed by atoms with Crippen molar-refractivity contribution in [2.24, 2.45) is 0 Å².